The van der Waals surface area contributed by atoms with Crippen molar-refractivity contribution < 1.29 is 13.2 Å². The van der Waals surface area contributed by atoms with Gasteiger partial charge in [0.25, 0.3) is 5.91 Å². The number of nitrogens with zero attached hydrogens (tertiary/aromatic N) is 2. The molecular weight excluding hydrogens is 314 g/mol. The molecule has 0 unspecified atom stereocenters. The Morgan fingerprint density at radius 3 is 2.71 bits per heavy atom. The molecule has 118 valence electrons. The van der Waals surface area contributed by atoms with Crippen molar-refractivity contribution in [3.05, 3.63) is 16.4 Å². The van der Waals surface area contributed by atoms with Crippen molar-refractivity contribution in [3.8, 4) is 0 Å². The van der Waals surface area contributed by atoms with Gasteiger partial charge in [-0.1, -0.05) is 25.4 Å². The molecular formula is C13H20ClN3O3S. The molecule has 1 atom stereocenters. The van der Waals surface area contributed by atoms with Crippen LogP contribution in [0.3, 0.4) is 0 Å². The first-order valence-electron chi connectivity index (χ1n) is 6.94. The van der Waals surface area contributed by atoms with Gasteiger partial charge in [0.2, 0.25) is 0 Å². The van der Waals surface area contributed by atoms with Gasteiger partial charge in [0.15, 0.2) is 9.84 Å². The van der Waals surface area contributed by atoms with Crippen LogP contribution in [0.15, 0.2) is 0 Å². The first kappa shape index (κ1) is 16.3. The van der Waals surface area contributed by atoms with E-state index >= 15 is 0 Å². The number of carbonyl (C=O) groups excluding carboxylic acids is 1. The van der Waals surface area contributed by atoms with Gasteiger partial charge in [-0.3, -0.25) is 9.48 Å². The van der Waals surface area contributed by atoms with Crippen molar-refractivity contribution in [2.45, 2.75) is 39.8 Å². The highest BCUT2D eigenvalue weighted by Crippen LogP contribution is 2.21. The van der Waals surface area contributed by atoms with E-state index in [1.165, 1.54) is 0 Å². The topological polar surface area (TPSA) is 81.1 Å². The number of carbonyl (C=O) groups is 1. The SMILES string of the molecule is Cc1nn(CC(C)C)c(Cl)c1C(=O)N[C@H]1CCS(=O)(=O)C1. The average molecular weight is 334 g/mol. The van der Waals surface area contributed by atoms with Crippen LogP contribution in [-0.4, -0.2) is 41.7 Å². The average Bonchev–Trinajstić information content (AvgIpc) is 2.79. The maximum Gasteiger partial charge on any atom is 0.256 e. The third-order valence-corrected chi connectivity index (χ3v) is 5.55. The van der Waals surface area contributed by atoms with E-state index in [2.05, 4.69) is 10.4 Å². The Morgan fingerprint density at radius 1 is 1.52 bits per heavy atom. The number of aromatic nitrogens is 2. The van der Waals surface area contributed by atoms with Gasteiger partial charge in [0.05, 0.1) is 22.8 Å². The molecule has 2 heterocycles. The summed E-state index contributed by atoms with van der Waals surface area (Å²) in [6, 6.07) is -0.341. The molecule has 1 aliphatic heterocycles. The number of hydrogen-bond acceptors (Lipinski definition) is 4. The second-order valence-corrected chi connectivity index (χ2v) is 8.49. The van der Waals surface area contributed by atoms with Crippen LogP contribution in [0.4, 0.5) is 0 Å². The Hall–Kier alpha value is -1.08. The van der Waals surface area contributed by atoms with Crippen molar-refractivity contribution in [1.82, 2.24) is 15.1 Å². The molecule has 6 nitrogen and oxygen atoms in total. The van der Waals surface area contributed by atoms with Gasteiger partial charge in [-0.2, -0.15) is 5.10 Å². The lowest BCUT2D eigenvalue weighted by Crippen LogP contribution is -2.35. The van der Waals surface area contributed by atoms with Crippen LogP contribution in [0.25, 0.3) is 0 Å². The lowest BCUT2D eigenvalue weighted by Gasteiger charge is -2.11. The predicted octanol–water partition coefficient (Wildman–Crippen LogP) is 1.42. The summed E-state index contributed by atoms with van der Waals surface area (Å²) < 4.78 is 24.5. The molecule has 8 heteroatoms. The molecule has 1 aliphatic rings. The van der Waals surface area contributed by atoms with Crippen molar-refractivity contribution >= 4 is 27.3 Å². The summed E-state index contributed by atoms with van der Waals surface area (Å²) in [5, 5.41) is 7.33. The van der Waals surface area contributed by atoms with Gasteiger partial charge in [-0.05, 0) is 19.3 Å². The van der Waals surface area contributed by atoms with Gasteiger partial charge in [-0.15, -0.1) is 0 Å². The first-order valence-corrected chi connectivity index (χ1v) is 9.13. The van der Waals surface area contributed by atoms with Crippen LogP contribution in [0.1, 0.15) is 36.3 Å². The van der Waals surface area contributed by atoms with Gasteiger partial charge < -0.3 is 5.32 Å². The Morgan fingerprint density at radius 2 is 2.19 bits per heavy atom. The summed E-state index contributed by atoms with van der Waals surface area (Å²) in [7, 11) is -3.02. The third-order valence-electron chi connectivity index (χ3n) is 3.40. The van der Waals surface area contributed by atoms with E-state index in [1.54, 1.807) is 11.6 Å². The summed E-state index contributed by atoms with van der Waals surface area (Å²) >= 11 is 6.23. The smallest absolute Gasteiger partial charge is 0.256 e. The largest absolute Gasteiger partial charge is 0.348 e. The lowest BCUT2D eigenvalue weighted by atomic mass is 10.2. The molecule has 1 fully saturated rings. The molecule has 0 aliphatic carbocycles. The Kier molecular flexibility index (Phi) is 4.63. The predicted molar refractivity (Wildman–Crippen MR) is 81.3 cm³/mol. The number of nitrogens with one attached hydrogen (secondary N) is 1. The highest BCUT2D eigenvalue weighted by Gasteiger charge is 2.30. The second-order valence-electron chi connectivity index (χ2n) is 5.90. The molecule has 0 bridgehead atoms. The van der Waals surface area contributed by atoms with E-state index in [0.717, 1.165) is 0 Å². The van der Waals surface area contributed by atoms with Crippen LogP contribution in [-0.2, 0) is 16.4 Å². The zero-order chi connectivity index (χ0) is 15.8. The number of rotatable bonds is 4. The fourth-order valence-electron chi connectivity index (χ4n) is 2.44. The molecule has 2 rings (SSSR count). The Bertz CT molecular complexity index is 652. The quantitative estimate of drug-likeness (QED) is 0.903. The monoisotopic (exact) mass is 333 g/mol. The maximum absolute atomic E-state index is 12.3. The van der Waals surface area contributed by atoms with E-state index < -0.39 is 9.84 Å². The summed E-state index contributed by atoms with van der Waals surface area (Å²) in [6.45, 7) is 6.43. The molecule has 1 amide bonds. The van der Waals surface area contributed by atoms with Crippen molar-refractivity contribution in [2.75, 3.05) is 11.5 Å². The van der Waals surface area contributed by atoms with Crippen molar-refractivity contribution in [3.63, 3.8) is 0 Å². The van der Waals surface area contributed by atoms with E-state index in [-0.39, 0.29) is 23.5 Å². The lowest BCUT2D eigenvalue weighted by molar-refractivity contribution is 0.0940. The van der Waals surface area contributed by atoms with Gasteiger partial charge >= 0.3 is 0 Å². The molecule has 0 saturated carbocycles. The number of sulfone groups is 1. The van der Waals surface area contributed by atoms with Crippen LogP contribution in [0.5, 0.6) is 0 Å². The van der Waals surface area contributed by atoms with E-state index in [9.17, 15) is 13.2 Å². The second kappa shape index (κ2) is 5.96. The first-order chi connectivity index (χ1) is 9.69. The normalized spacial score (nSPS) is 20.9. The molecule has 1 aromatic rings. The van der Waals surface area contributed by atoms with Crippen molar-refractivity contribution in [2.24, 2.45) is 5.92 Å². The van der Waals surface area contributed by atoms with Crippen LogP contribution in [0.2, 0.25) is 5.15 Å². The minimum Gasteiger partial charge on any atom is -0.348 e. The molecule has 0 radical (unpaired) electrons. The molecule has 1 saturated heterocycles. The molecule has 0 aromatic carbocycles. The fourth-order valence-corrected chi connectivity index (χ4v) is 4.45. The van der Waals surface area contributed by atoms with Gasteiger partial charge in [0.1, 0.15) is 5.15 Å². The fraction of sp³-hybridized carbons (Fsp3) is 0.692. The van der Waals surface area contributed by atoms with Crippen LogP contribution < -0.4 is 5.32 Å². The molecule has 0 spiro atoms. The third kappa shape index (κ3) is 3.77. The molecule has 21 heavy (non-hydrogen) atoms. The summed E-state index contributed by atoms with van der Waals surface area (Å²) in [5.41, 5.74) is 0.889. The van der Waals surface area contributed by atoms with E-state index in [4.69, 9.17) is 11.6 Å². The number of hydrogen-bond donors (Lipinski definition) is 1. The van der Waals surface area contributed by atoms with Gasteiger partial charge in [-0.25, -0.2) is 8.42 Å². The number of amides is 1. The van der Waals surface area contributed by atoms with Crippen LogP contribution in [0, 0.1) is 12.8 Å². The standard InChI is InChI=1S/C13H20ClN3O3S/c1-8(2)6-17-12(14)11(9(3)16-17)13(18)15-10-4-5-21(19,20)7-10/h8,10H,4-7H2,1-3H3,(H,15,18)/t10-/m0/s1. The minimum atomic E-state index is -3.02. The highest BCUT2D eigenvalue weighted by molar-refractivity contribution is 7.91. The minimum absolute atomic E-state index is 0.00443. The van der Waals surface area contributed by atoms with Gasteiger partial charge in [0, 0.05) is 12.6 Å². The van der Waals surface area contributed by atoms with Crippen LogP contribution >= 0.6 is 11.6 Å². The van der Waals surface area contributed by atoms with E-state index in [1.807, 2.05) is 13.8 Å². The van der Waals surface area contributed by atoms with E-state index in [0.29, 0.717) is 35.3 Å². The molecule has 1 aromatic heterocycles. The Balaban J connectivity index is 2.14. The molecule has 1 N–H and O–H groups in total. The number of halogens is 1. The van der Waals surface area contributed by atoms with Crippen molar-refractivity contribution in [1.29, 1.82) is 0 Å². The summed E-state index contributed by atoms with van der Waals surface area (Å²) in [5.74, 6) is 0.125. The summed E-state index contributed by atoms with van der Waals surface area (Å²) in [4.78, 5) is 12.3. The Labute approximate surface area is 129 Å². The number of aryl methyl sites for hydroxylation is 1. The maximum atomic E-state index is 12.3. The summed E-state index contributed by atoms with van der Waals surface area (Å²) in [6.07, 6.45) is 0.449. The highest BCUT2D eigenvalue weighted by atomic mass is 35.5. The zero-order valence-corrected chi connectivity index (χ0v) is 14.0. The zero-order valence-electron chi connectivity index (χ0n) is 12.4.